The Hall–Kier alpha value is -2.28. The van der Waals surface area contributed by atoms with Crippen molar-refractivity contribution in [2.24, 2.45) is 4.99 Å². The van der Waals surface area contributed by atoms with E-state index in [0.29, 0.717) is 28.6 Å². The van der Waals surface area contributed by atoms with E-state index in [1.54, 1.807) is 25.9 Å². The first kappa shape index (κ1) is 18.5. The van der Waals surface area contributed by atoms with E-state index in [1.807, 2.05) is 31.2 Å². The van der Waals surface area contributed by atoms with Gasteiger partial charge < -0.3 is 9.47 Å². The van der Waals surface area contributed by atoms with Gasteiger partial charge in [-0.15, -0.1) is 0 Å². The molecule has 6 nitrogen and oxygen atoms in total. The molecule has 1 amide bonds. The Morgan fingerprint density at radius 1 is 1.27 bits per heavy atom. The molecule has 2 unspecified atom stereocenters. The maximum Gasteiger partial charge on any atom is 0.338 e. The lowest BCUT2D eigenvalue weighted by molar-refractivity contribution is -0.139. The van der Waals surface area contributed by atoms with E-state index >= 15 is 0 Å². The topological polar surface area (TPSA) is 68.2 Å². The second kappa shape index (κ2) is 7.53. The fourth-order valence-electron chi connectivity index (χ4n) is 3.16. The summed E-state index contributed by atoms with van der Waals surface area (Å²) in [7, 11) is 1.60. The van der Waals surface area contributed by atoms with Crippen molar-refractivity contribution in [1.82, 2.24) is 4.90 Å². The van der Waals surface area contributed by atoms with Gasteiger partial charge in [0, 0.05) is 0 Å². The molecule has 2 atom stereocenters. The molecule has 138 valence electrons. The molecule has 0 aliphatic carbocycles. The van der Waals surface area contributed by atoms with Gasteiger partial charge in [0.2, 0.25) is 5.91 Å². The number of carbonyl (C=O) groups excluding carboxylic acids is 2. The molecule has 0 aromatic heterocycles. The number of carbonyl (C=O) groups is 2. The average Bonchev–Trinajstić information content (AvgIpc) is 2.96. The molecule has 1 saturated heterocycles. The highest BCUT2D eigenvalue weighted by molar-refractivity contribution is 8.15. The zero-order chi connectivity index (χ0) is 18.8. The van der Waals surface area contributed by atoms with E-state index in [0.717, 1.165) is 5.56 Å². The Labute approximate surface area is 157 Å². The molecule has 2 heterocycles. The molecule has 3 rings (SSSR count). The van der Waals surface area contributed by atoms with Gasteiger partial charge in [0.05, 0.1) is 36.3 Å². The first-order chi connectivity index (χ1) is 12.5. The smallest absolute Gasteiger partial charge is 0.338 e. The SMILES string of the molecule is CCOC(=O)C1=C(C)N=C2SC(CC)C(=O)N2C1c1ccc(OC)cc1. The third-order valence-corrected chi connectivity index (χ3v) is 5.77. The lowest BCUT2D eigenvalue weighted by Crippen LogP contribution is -2.40. The number of amidine groups is 1. The van der Waals surface area contributed by atoms with Crippen LogP contribution in [0.15, 0.2) is 40.5 Å². The summed E-state index contributed by atoms with van der Waals surface area (Å²) in [5.41, 5.74) is 1.82. The minimum atomic E-state index is -0.538. The first-order valence-electron chi connectivity index (χ1n) is 8.62. The standard InChI is InChI=1S/C19H22N2O4S/c1-5-14-17(22)21-16(12-7-9-13(24-4)10-8-12)15(18(23)25-6-2)11(3)20-19(21)26-14/h7-10,14,16H,5-6H2,1-4H3. The van der Waals surface area contributed by atoms with Crippen LogP contribution >= 0.6 is 11.8 Å². The van der Waals surface area contributed by atoms with E-state index in [4.69, 9.17) is 9.47 Å². The van der Waals surface area contributed by atoms with Crippen LogP contribution in [0.4, 0.5) is 0 Å². The van der Waals surface area contributed by atoms with Crippen LogP contribution in [0.3, 0.4) is 0 Å². The zero-order valence-corrected chi connectivity index (χ0v) is 16.1. The second-order valence-electron chi connectivity index (χ2n) is 6.01. The lowest BCUT2D eigenvalue weighted by Gasteiger charge is -2.33. The maximum absolute atomic E-state index is 12.9. The number of nitrogens with zero attached hydrogens (tertiary/aromatic N) is 2. The normalized spacial score (nSPS) is 22.2. The van der Waals surface area contributed by atoms with Crippen molar-refractivity contribution < 1.29 is 19.1 Å². The van der Waals surface area contributed by atoms with Crippen LogP contribution in [-0.2, 0) is 14.3 Å². The van der Waals surface area contributed by atoms with Crippen LogP contribution < -0.4 is 4.74 Å². The van der Waals surface area contributed by atoms with Gasteiger partial charge in [-0.25, -0.2) is 9.79 Å². The van der Waals surface area contributed by atoms with E-state index in [-0.39, 0.29) is 17.8 Å². The third kappa shape index (κ3) is 3.11. The highest BCUT2D eigenvalue weighted by Gasteiger charge is 2.47. The summed E-state index contributed by atoms with van der Waals surface area (Å²) in [5.74, 6) is 0.253. The number of rotatable bonds is 5. The molecule has 0 N–H and O–H groups in total. The third-order valence-electron chi connectivity index (χ3n) is 4.45. The number of ether oxygens (including phenoxy) is 2. The number of allylic oxidation sites excluding steroid dienone is 1. The Morgan fingerprint density at radius 2 is 1.96 bits per heavy atom. The summed E-state index contributed by atoms with van der Waals surface area (Å²) < 4.78 is 10.5. The molecular formula is C19H22N2O4S. The Kier molecular flexibility index (Phi) is 5.36. The summed E-state index contributed by atoms with van der Waals surface area (Å²) in [6, 6.07) is 6.85. The number of esters is 1. The number of thioether (sulfide) groups is 1. The Morgan fingerprint density at radius 3 is 2.54 bits per heavy atom. The van der Waals surface area contributed by atoms with E-state index < -0.39 is 12.0 Å². The summed E-state index contributed by atoms with van der Waals surface area (Å²) >= 11 is 1.46. The molecule has 1 aromatic rings. The van der Waals surface area contributed by atoms with Gasteiger partial charge in [-0.2, -0.15) is 0 Å². The number of benzene rings is 1. The number of hydrogen-bond acceptors (Lipinski definition) is 6. The highest BCUT2D eigenvalue weighted by Crippen LogP contribution is 2.44. The van der Waals surface area contributed by atoms with Crippen LogP contribution in [0.1, 0.15) is 38.8 Å². The molecular weight excluding hydrogens is 352 g/mol. The van der Waals surface area contributed by atoms with Gasteiger partial charge in [-0.1, -0.05) is 30.8 Å². The molecule has 0 bridgehead atoms. The second-order valence-corrected chi connectivity index (χ2v) is 7.18. The Balaban J connectivity index is 2.11. The Bertz CT molecular complexity index is 785. The molecule has 0 radical (unpaired) electrons. The molecule has 1 fully saturated rings. The quantitative estimate of drug-likeness (QED) is 0.740. The zero-order valence-electron chi connectivity index (χ0n) is 15.3. The van der Waals surface area contributed by atoms with Gasteiger partial charge in [0.25, 0.3) is 0 Å². The van der Waals surface area contributed by atoms with Crippen molar-refractivity contribution in [3.05, 3.63) is 41.1 Å². The van der Waals surface area contributed by atoms with E-state index in [9.17, 15) is 9.59 Å². The van der Waals surface area contributed by atoms with Gasteiger partial charge >= 0.3 is 5.97 Å². The van der Waals surface area contributed by atoms with Gasteiger partial charge in [0.1, 0.15) is 5.75 Å². The minimum Gasteiger partial charge on any atom is -0.497 e. The number of fused-ring (bicyclic) bond motifs is 1. The number of methoxy groups -OCH3 is 1. The molecule has 7 heteroatoms. The molecule has 0 saturated carbocycles. The molecule has 2 aliphatic heterocycles. The predicted octanol–water partition coefficient (Wildman–Crippen LogP) is 3.30. The number of aliphatic imine (C=N–C) groups is 1. The summed E-state index contributed by atoms with van der Waals surface area (Å²) in [4.78, 5) is 31.7. The molecule has 26 heavy (non-hydrogen) atoms. The van der Waals surface area contributed by atoms with Gasteiger partial charge in [-0.05, 0) is 38.0 Å². The number of hydrogen-bond donors (Lipinski definition) is 0. The van der Waals surface area contributed by atoms with Crippen LogP contribution in [0.2, 0.25) is 0 Å². The van der Waals surface area contributed by atoms with Crippen molar-refractivity contribution in [3.8, 4) is 5.75 Å². The van der Waals surface area contributed by atoms with Crippen molar-refractivity contribution in [2.75, 3.05) is 13.7 Å². The van der Waals surface area contributed by atoms with E-state index in [2.05, 4.69) is 4.99 Å². The summed E-state index contributed by atoms with van der Waals surface area (Å²) in [6.45, 7) is 5.79. The van der Waals surface area contributed by atoms with Gasteiger partial charge in [0.15, 0.2) is 5.17 Å². The number of amides is 1. The van der Waals surface area contributed by atoms with Crippen molar-refractivity contribution in [2.45, 2.75) is 38.5 Å². The fraction of sp³-hybridized carbons (Fsp3) is 0.421. The highest BCUT2D eigenvalue weighted by atomic mass is 32.2. The first-order valence-corrected chi connectivity index (χ1v) is 9.50. The lowest BCUT2D eigenvalue weighted by atomic mass is 9.94. The monoisotopic (exact) mass is 374 g/mol. The molecule has 0 spiro atoms. The predicted molar refractivity (Wildman–Crippen MR) is 101 cm³/mol. The maximum atomic E-state index is 12.9. The van der Waals surface area contributed by atoms with E-state index in [1.165, 1.54) is 11.8 Å². The van der Waals surface area contributed by atoms with Crippen molar-refractivity contribution in [1.29, 1.82) is 0 Å². The molecule has 1 aromatic carbocycles. The van der Waals surface area contributed by atoms with Crippen LogP contribution in [-0.4, -0.2) is 40.9 Å². The van der Waals surface area contributed by atoms with Crippen molar-refractivity contribution >= 4 is 28.8 Å². The van der Waals surface area contributed by atoms with Crippen LogP contribution in [0.25, 0.3) is 0 Å². The fourth-order valence-corrected chi connectivity index (χ4v) is 4.29. The van der Waals surface area contributed by atoms with Crippen molar-refractivity contribution in [3.63, 3.8) is 0 Å². The van der Waals surface area contributed by atoms with Gasteiger partial charge in [-0.3, -0.25) is 9.69 Å². The van der Waals surface area contributed by atoms with Crippen LogP contribution in [0.5, 0.6) is 5.75 Å². The summed E-state index contributed by atoms with van der Waals surface area (Å²) in [5, 5.41) is 0.470. The molecule has 2 aliphatic rings. The minimum absolute atomic E-state index is 0.0219. The summed E-state index contributed by atoms with van der Waals surface area (Å²) in [6.07, 6.45) is 0.710. The largest absolute Gasteiger partial charge is 0.497 e. The average molecular weight is 374 g/mol. The van der Waals surface area contributed by atoms with Crippen LogP contribution in [0, 0.1) is 0 Å².